The van der Waals surface area contributed by atoms with Crippen molar-refractivity contribution >= 4 is 17.8 Å². The van der Waals surface area contributed by atoms with Crippen molar-refractivity contribution in [2.75, 3.05) is 6.61 Å². The van der Waals surface area contributed by atoms with E-state index in [1.165, 1.54) is 18.2 Å². The molecule has 0 heterocycles. The van der Waals surface area contributed by atoms with E-state index in [-0.39, 0.29) is 5.56 Å². The average molecular weight is 344 g/mol. The molecule has 6 nitrogen and oxygen atoms in total. The predicted molar refractivity (Wildman–Crippen MR) is 88.2 cm³/mol. The lowest BCUT2D eigenvalue weighted by molar-refractivity contribution is -0.125. The standard InChI is InChI=1S/C18H17FN2O4/c1-11-6-5-8-13(12(11)2)18(24)25-10-16(22)20-21-17(23)14-7-3-4-9-15(14)19/h3-9H,10H2,1-2H3,(H,20,22)(H,21,23). The molecule has 0 atom stereocenters. The molecule has 2 rings (SSSR count). The van der Waals surface area contributed by atoms with Crippen LogP contribution in [0.15, 0.2) is 42.5 Å². The molecule has 0 unspecified atom stereocenters. The van der Waals surface area contributed by atoms with Gasteiger partial charge in [-0.05, 0) is 43.2 Å². The molecule has 0 bridgehead atoms. The molecule has 2 amide bonds. The fraction of sp³-hybridized carbons (Fsp3) is 0.167. The van der Waals surface area contributed by atoms with Crippen LogP contribution in [-0.2, 0) is 9.53 Å². The first kappa shape index (κ1) is 18.1. The third-order valence-corrected chi connectivity index (χ3v) is 3.59. The minimum Gasteiger partial charge on any atom is -0.452 e. The van der Waals surface area contributed by atoms with Crippen LogP contribution in [0.2, 0.25) is 0 Å². The molecule has 2 aromatic carbocycles. The maximum absolute atomic E-state index is 13.4. The van der Waals surface area contributed by atoms with Gasteiger partial charge in [0.15, 0.2) is 6.61 Å². The van der Waals surface area contributed by atoms with Crippen LogP contribution >= 0.6 is 0 Å². The van der Waals surface area contributed by atoms with E-state index in [1.807, 2.05) is 13.0 Å². The summed E-state index contributed by atoms with van der Waals surface area (Å²) in [5.41, 5.74) is 5.96. The first-order chi connectivity index (χ1) is 11.9. The highest BCUT2D eigenvalue weighted by molar-refractivity contribution is 5.96. The van der Waals surface area contributed by atoms with Crippen molar-refractivity contribution in [2.24, 2.45) is 0 Å². The quantitative estimate of drug-likeness (QED) is 0.657. The van der Waals surface area contributed by atoms with Gasteiger partial charge in [0, 0.05) is 0 Å². The SMILES string of the molecule is Cc1cccc(C(=O)OCC(=O)NNC(=O)c2ccccc2F)c1C. The highest BCUT2D eigenvalue weighted by Gasteiger charge is 2.15. The molecule has 0 aliphatic carbocycles. The number of esters is 1. The van der Waals surface area contributed by atoms with Gasteiger partial charge in [0.05, 0.1) is 11.1 Å². The Morgan fingerprint density at radius 3 is 2.36 bits per heavy atom. The monoisotopic (exact) mass is 344 g/mol. The molecule has 7 heteroatoms. The summed E-state index contributed by atoms with van der Waals surface area (Å²) in [6.45, 7) is 3.06. The number of aryl methyl sites for hydroxylation is 1. The first-order valence-electron chi connectivity index (χ1n) is 7.47. The second kappa shape index (κ2) is 8.05. The first-order valence-corrected chi connectivity index (χ1v) is 7.47. The molecule has 0 radical (unpaired) electrons. The highest BCUT2D eigenvalue weighted by Crippen LogP contribution is 2.13. The Kier molecular flexibility index (Phi) is 5.84. The summed E-state index contributed by atoms with van der Waals surface area (Å²) in [5.74, 6) is -2.91. The molecule has 0 aliphatic heterocycles. The number of hydrogen-bond acceptors (Lipinski definition) is 4. The molecule has 0 saturated heterocycles. The Hall–Kier alpha value is -3.22. The van der Waals surface area contributed by atoms with Crippen LogP contribution in [0.5, 0.6) is 0 Å². The van der Waals surface area contributed by atoms with Crippen molar-refractivity contribution in [3.63, 3.8) is 0 Å². The number of hydrazine groups is 1. The van der Waals surface area contributed by atoms with Gasteiger partial charge in [0.1, 0.15) is 5.82 Å². The van der Waals surface area contributed by atoms with Gasteiger partial charge in [-0.15, -0.1) is 0 Å². The maximum Gasteiger partial charge on any atom is 0.338 e. The normalized spacial score (nSPS) is 10.0. The molecule has 0 aliphatic rings. The third kappa shape index (κ3) is 4.63. The van der Waals surface area contributed by atoms with Gasteiger partial charge in [-0.25, -0.2) is 9.18 Å². The number of amides is 2. The predicted octanol–water partition coefficient (Wildman–Crippen LogP) is 2.06. The van der Waals surface area contributed by atoms with Crippen molar-refractivity contribution in [3.8, 4) is 0 Å². The Bertz CT molecular complexity index is 820. The zero-order chi connectivity index (χ0) is 18.4. The molecular weight excluding hydrogens is 327 g/mol. The van der Waals surface area contributed by atoms with Crippen LogP contribution in [-0.4, -0.2) is 24.4 Å². The van der Waals surface area contributed by atoms with Gasteiger partial charge in [-0.3, -0.25) is 20.4 Å². The van der Waals surface area contributed by atoms with Crippen molar-refractivity contribution in [3.05, 3.63) is 70.5 Å². The molecule has 0 fully saturated rings. The van der Waals surface area contributed by atoms with E-state index in [4.69, 9.17) is 4.74 Å². The van der Waals surface area contributed by atoms with Gasteiger partial charge < -0.3 is 4.74 Å². The van der Waals surface area contributed by atoms with E-state index in [2.05, 4.69) is 10.9 Å². The second-order valence-electron chi connectivity index (χ2n) is 5.31. The van der Waals surface area contributed by atoms with E-state index in [0.29, 0.717) is 5.56 Å². The number of carbonyl (C=O) groups excluding carboxylic acids is 3. The number of hydrogen-bond donors (Lipinski definition) is 2. The number of halogens is 1. The van der Waals surface area contributed by atoms with Gasteiger partial charge in [0.25, 0.3) is 11.8 Å². The van der Waals surface area contributed by atoms with Gasteiger partial charge in [0.2, 0.25) is 0 Å². The summed E-state index contributed by atoms with van der Waals surface area (Å²) in [7, 11) is 0. The zero-order valence-electron chi connectivity index (χ0n) is 13.8. The fourth-order valence-corrected chi connectivity index (χ4v) is 2.06. The molecule has 25 heavy (non-hydrogen) atoms. The largest absolute Gasteiger partial charge is 0.452 e. The van der Waals surface area contributed by atoms with Crippen molar-refractivity contribution < 1.29 is 23.5 Å². The lowest BCUT2D eigenvalue weighted by Gasteiger charge is -2.10. The van der Waals surface area contributed by atoms with Gasteiger partial charge in [-0.2, -0.15) is 0 Å². The highest BCUT2D eigenvalue weighted by atomic mass is 19.1. The molecule has 2 aromatic rings. The van der Waals surface area contributed by atoms with Crippen LogP contribution in [0.4, 0.5) is 4.39 Å². The second-order valence-corrected chi connectivity index (χ2v) is 5.31. The topological polar surface area (TPSA) is 84.5 Å². The van der Waals surface area contributed by atoms with Crippen LogP contribution < -0.4 is 10.9 Å². The molecule has 0 saturated carbocycles. The molecule has 0 spiro atoms. The van der Waals surface area contributed by atoms with Gasteiger partial charge in [-0.1, -0.05) is 24.3 Å². The molecular formula is C18H17FN2O4. The van der Waals surface area contributed by atoms with Crippen LogP contribution in [0, 0.1) is 19.7 Å². The zero-order valence-corrected chi connectivity index (χ0v) is 13.8. The fourth-order valence-electron chi connectivity index (χ4n) is 2.06. The minimum atomic E-state index is -0.813. The Morgan fingerprint density at radius 2 is 1.64 bits per heavy atom. The van der Waals surface area contributed by atoms with E-state index in [0.717, 1.165) is 17.2 Å². The van der Waals surface area contributed by atoms with Crippen molar-refractivity contribution in [1.82, 2.24) is 10.9 Å². The van der Waals surface area contributed by atoms with Crippen molar-refractivity contribution in [1.29, 1.82) is 0 Å². The number of nitrogens with one attached hydrogen (secondary N) is 2. The summed E-state index contributed by atoms with van der Waals surface area (Å²) in [5, 5.41) is 0. The third-order valence-electron chi connectivity index (χ3n) is 3.59. The molecule has 0 aromatic heterocycles. The number of ether oxygens (including phenoxy) is 1. The number of benzene rings is 2. The van der Waals surface area contributed by atoms with Crippen LogP contribution in [0.25, 0.3) is 0 Å². The summed E-state index contributed by atoms with van der Waals surface area (Å²) >= 11 is 0. The van der Waals surface area contributed by atoms with E-state index >= 15 is 0 Å². The summed E-state index contributed by atoms with van der Waals surface area (Å²) in [6.07, 6.45) is 0. The van der Waals surface area contributed by atoms with E-state index in [9.17, 15) is 18.8 Å². The molecule has 2 N–H and O–H groups in total. The Balaban J connectivity index is 1.85. The summed E-state index contributed by atoms with van der Waals surface area (Å²) in [6, 6.07) is 10.5. The summed E-state index contributed by atoms with van der Waals surface area (Å²) < 4.78 is 18.3. The Morgan fingerprint density at radius 1 is 0.960 bits per heavy atom. The average Bonchev–Trinajstić information content (AvgIpc) is 2.60. The number of carbonyl (C=O) groups is 3. The van der Waals surface area contributed by atoms with Crippen LogP contribution in [0.1, 0.15) is 31.8 Å². The summed E-state index contributed by atoms with van der Waals surface area (Å²) in [4.78, 5) is 35.4. The van der Waals surface area contributed by atoms with Crippen molar-refractivity contribution in [2.45, 2.75) is 13.8 Å². The lowest BCUT2D eigenvalue weighted by atomic mass is 10.0. The van der Waals surface area contributed by atoms with Gasteiger partial charge >= 0.3 is 5.97 Å². The molecule has 130 valence electrons. The van der Waals surface area contributed by atoms with E-state index in [1.54, 1.807) is 19.1 Å². The lowest BCUT2D eigenvalue weighted by Crippen LogP contribution is -2.43. The smallest absolute Gasteiger partial charge is 0.338 e. The maximum atomic E-state index is 13.4. The number of rotatable bonds is 4. The Labute approximate surface area is 144 Å². The van der Waals surface area contributed by atoms with Crippen LogP contribution in [0.3, 0.4) is 0 Å². The van der Waals surface area contributed by atoms with E-state index < -0.39 is 30.2 Å². The minimum absolute atomic E-state index is 0.213.